The van der Waals surface area contributed by atoms with E-state index in [0.717, 1.165) is 13.1 Å². The van der Waals surface area contributed by atoms with E-state index in [2.05, 4.69) is 35.2 Å². The van der Waals surface area contributed by atoms with Gasteiger partial charge >= 0.3 is 12.2 Å². The molecule has 3 aliphatic rings. The van der Waals surface area contributed by atoms with Gasteiger partial charge in [0, 0.05) is 65.8 Å². The fourth-order valence-corrected chi connectivity index (χ4v) is 6.26. The molecule has 0 spiro atoms. The lowest BCUT2D eigenvalue weighted by Crippen LogP contribution is -2.55. The highest BCUT2D eigenvalue weighted by atomic mass is 28.3. The van der Waals surface area contributed by atoms with Gasteiger partial charge in [-0.1, -0.05) is 19.6 Å². The van der Waals surface area contributed by atoms with Crippen LogP contribution in [-0.4, -0.2) is 137 Å². The molecule has 2 aromatic rings. The zero-order valence-corrected chi connectivity index (χ0v) is 29.5. The highest BCUT2D eigenvalue weighted by Crippen LogP contribution is 2.32. The molecule has 16 heteroatoms. The van der Waals surface area contributed by atoms with Gasteiger partial charge in [0.1, 0.15) is 23.3 Å². The maximum Gasteiger partial charge on any atom is 0.410 e. The Kier molecular flexibility index (Phi) is 9.80. The number of rotatable bonds is 5. The predicted molar refractivity (Wildman–Crippen MR) is 176 cm³/mol. The van der Waals surface area contributed by atoms with Crippen LogP contribution < -0.4 is 15.5 Å². The summed E-state index contributed by atoms with van der Waals surface area (Å²) in [6.45, 7) is 21.0. The maximum atomic E-state index is 13.5. The molecule has 3 unspecified atom stereocenters. The molecule has 3 fully saturated rings. The number of nitrogens with one attached hydrogen (secondary N) is 2. The summed E-state index contributed by atoms with van der Waals surface area (Å²) < 4.78 is 13.6. The van der Waals surface area contributed by atoms with Crippen LogP contribution in [0.3, 0.4) is 0 Å². The third kappa shape index (κ3) is 7.38. The van der Waals surface area contributed by atoms with E-state index in [1.54, 1.807) is 27.8 Å². The van der Waals surface area contributed by atoms with Crippen molar-refractivity contribution in [1.29, 1.82) is 0 Å². The van der Waals surface area contributed by atoms with Crippen LogP contribution in [0.5, 0.6) is 0 Å². The molecule has 15 nitrogen and oxygen atoms in total. The molecule has 0 aromatic carbocycles. The van der Waals surface area contributed by atoms with Crippen LogP contribution >= 0.6 is 0 Å². The van der Waals surface area contributed by atoms with Crippen molar-refractivity contribution in [3.8, 4) is 0 Å². The quantitative estimate of drug-likeness (QED) is 0.455. The van der Waals surface area contributed by atoms with Crippen LogP contribution in [0.25, 0.3) is 11.2 Å². The van der Waals surface area contributed by atoms with Crippen molar-refractivity contribution < 1.29 is 23.9 Å². The minimum absolute atomic E-state index is 0.113. The van der Waals surface area contributed by atoms with Gasteiger partial charge in [0.15, 0.2) is 11.5 Å². The standard InChI is InChI=1S/C30H50N10O5Si/c1-20(41)38-16-15-37(28(42)45-30(3,4)5)19-24(38)40-26-22(34-27(40)36-12-9-31-10-13-36)17-33-25(35-26)23-18-32-11-14-39(23)29(43)44-21(2)46(6,7)8/h17,21,23-24,31-32H,9-16,18-19H2,1-8H3. The van der Waals surface area contributed by atoms with Crippen LogP contribution in [-0.2, 0) is 14.3 Å². The number of fused-ring (bicyclic) bond motifs is 1. The lowest BCUT2D eigenvalue weighted by atomic mass is 10.2. The normalized spacial score (nSPS) is 22.2. The zero-order valence-electron chi connectivity index (χ0n) is 28.5. The number of amides is 3. The van der Waals surface area contributed by atoms with Gasteiger partial charge in [-0.2, -0.15) is 0 Å². The van der Waals surface area contributed by atoms with Crippen molar-refractivity contribution in [2.45, 2.75) is 77.8 Å². The molecule has 254 valence electrons. The minimum Gasteiger partial charge on any atom is -0.450 e. The van der Waals surface area contributed by atoms with E-state index in [9.17, 15) is 14.4 Å². The molecule has 3 saturated heterocycles. The van der Waals surface area contributed by atoms with Crippen molar-refractivity contribution in [1.82, 2.24) is 44.9 Å². The highest BCUT2D eigenvalue weighted by molar-refractivity contribution is 6.77. The molecular weight excluding hydrogens is 608 g/mol. The molecule has 3 aliphatic heterocycles. The summed E-state index contributed by atoms with van der Waals surface area (Å²) in [4.78, 5) is 61.8. The van der Waals surface area contributed by atoms with Gasteiger partial charge in [-0.15, -0.1) is 0 Å². The largest absolute Gasteiger partial charge is 0.450 e. The van der Waals surface area contributed by atoms with Gasteiger partial charge in [0.25, 0.3) is 0 Å². The minimum atomic E-state index is -1.71. The Morgan fingerprint density at radius 2 is 1.65 bits per heavy atom. The third-order valence-corrected chi connectivity index (χ3v) is 11.4. The van der Waals surface area contributed by atoms with Gasteiger partial charge in [0.05, 0.1) is 26.5 Å². The van der Waals surface area contributed by atoms with Crippen molar-refractivity contribution in [3.05, 3.63) is 12.0 Å². The molecule has 2 aromatic heterocycles. The summed E-state index contributed by atoms with van der Waals surface area (Å²) in [6, 6.07) is -0.459. The molecule has 5 rings (SSSR count). The van der Waals surface area contributed by atoms with E-state index in [1.807, 2.05) is 32.3 Å². The van der Waals surface area contributed by atoms with Crippen LogP contribution in [0, 0.1) is 0 Å². The first-order valence-corrected chi connectivity index (χ1v) is 19.9. The van der Waals surface area contributed by atoms with Gasteiger partial charge < -0.3 is 34.8 Å². The Bertz CT molecular complexity index is 1430. The number of aromatic nitrogens is 4. The second-order valence-electron chi connectivity index (χ2n) is 14.4. The molecular formula is C30H50N10O5Si. The van der Waals surface area contributed by atoms with Crippen molar-refractivity contribution in [3.63, 3.8) is 0 Å². The predicted octanol–water partition coefficient (Wildman–Crippen LogP) is 2.18. The number of hydrogen-bond donors (Lipinski definition) is 2. The Balaban J connectivity index is 1.57. The van der Waals surface area contributed by atoms with Crippen LogP contribution in [0.1, 0.15) is 52.7 Å². The first-order valence-electron chi connectivity index (χ1n) is 16.3. The Morgan fingerprint density at radius 1 is 0.957 bits per heavy atom. The van der Waals surface area contributed by atoms with Gasteiger partial charge in [-0.05, 0) is 27.7 Å². The Labute approximate surface area is 272 Å². The van der Waals surface area contributed by atoms with Crippen molar-refractivity contribution in [2.75, 3.05) is 70.3 Å². The van der Waals surface area contributed by atoms with E-state index < -0.39 is 32.0 Å². The summed E-state index contributed by atoms with van der Waals surface area (Å²) >= 11 is 0. The third-order valence-electron chi connectivity index (χ3n) is 8.81. The molecule has 3 atom stereocenters. The smallest absolute Gasteiger partial charge is 0.410 e. The monoisotopic (exact) mass is 658 g/mol. The number of piperazine rings is 3. The summed E-state index contributed by atoms with van der Waals surface area (Å²) in [6.07, 6.45) is 0.303. The average Bonchev–Trinajstić information content (AvgIpc) is 3.38. The zero-order chi connectivity index (χ0) is 33.4. The van der Waals surface area contributed by atoms with Gasteiger partial charge in [-0.25, -0.2) is 24.5 Å². The fourth-order valence-electron chi connectivity index (χ4n) is 5.81. The molecule has 2 N–H and O–H groups in total. The number of nitrogens with zero attached hydrogens (tertiary/aromatic N) is 8. The molecule has 0 saturated carbocycles. The lowest BCUT2D eigenvalue weighted by molar-refractivity contribution is -0.136. The molecule has 0 aliphatic carbocycles. The molecule has 5 heterocycles. The van der Waals surface area contributed by atoms with E-state index in [0.29, 0.717) is 68.7 Å². The number of hydrogen-bond acceptors (Lipinski definition) is 11. The number of ether oxygens (including phenoxy) is 2. The first-order chi connectivity index (χ1) is 21.6. The molecule has 0 bridgehead atoms. The Morgan fingerprint density at radius 3 is 2.30 bits per heavy atom. The van der Waals surface area contributed by atoms with Gasteiger partial charge in [-0.3, -0.25) is 14.3 Å². The molecule has 46 heavy (non-hydrogen) atoms. The van der Waals surface area contributed by atoms with E-state index >= 15 is 0 Å². The van der Waals surface area contributed by atoms with E-state index in [-0.39, 0.29) is 24.3 Å². The average molecular weight is 659 g/mol. The number of anilines is 1. The highest BCUT2D eigenvalue weighted by Gasteiger charge is 2.39. The molecule has 0 radical (unpaired) electrons. The maximum absolute atomic E-state index is 13.5. The number of imidazole rings is 1. The molecule has 3 amide bonds. The summed E-state index contributed by atoms with van der Waals surface area (Å²) in [5.74, 6) is 1.00. The van der Waals surface area contributed by atoms with Crippen LogP contribution in [0.2, 0.25) is 19.6 Å². The second kappa shape index (κ2) is 13.3. The number of carbonyl (C=O) groups excluding carboxylic acids is 3. The Hall–Kier alpha value is -3.50. The van der Waals surface area contributed by atoms with E-state index in [4.69, 9.17) is 24.4 Å². The van der Waals surface area contributed by atoms with Crippen LogP contribution in [0.15, 0.2) is 6.20 Å². The fraction of sp³-hybridized carbons (Fsp3) is 0.733. The SMILES string of the molecule is CC(=O)N1CCN(C(=O)OC(C)(C)C)CC1n1c(N2CCNCC2)nc2cnc(C3CNCCN3C(=O)OC(C)[Si](C)(C)C)nc21. The summed E-state index contributed by atoms with van der Waals surface area (Å²) in [5, 5.41) is 6.76. The van der Waals surface area contributed by atoms with Crippen LogP contribution in [0.4, 0.5) is 15.5 Å². The lowest BCUT2D eigenvalue weighted by Gasteiger charge is -2.43. The van der Waals surface area contributed by atoms with E-state index in [1.165, 1.54) is 0 Å². The van der Waals surface area contributed by atoms with Gasteiger partial charge in [0.2, 0.25) is 11.9 Å². The first kappa shape index (κ1) is 33.8. The summed E-state index contributed by atoms with van der Waals surface area (Å²) in [7, 11) is -1.71. The summed E-state index contributed by atoms with van der Waals surface area (Å²) in [5.41, 5.74) is 0.294. The number of carbonyl (C=O) groups is 3. The van der Waals surface area contributed by atoms with Crippen molar-refractivity contribution in [2.24, 2.45) is 0 Å². The van der Waals surface area contributed by atoms with Crippen molar-refractivity contribution >= 4 is 43.3 Å². The topological polar surface area (TPSA) is 150 Å². The second-order valence-corrected chi connectivity index (χ2v) is 19.9.